The first-order valence-electron chi connectivity index (χ1n) is 11.3. The molecule has 1 N–H and O–H groups in total. The van der Waals surface area contributed by atoms with Crippen molar-refractivity contribution in [2.75, 3.05) is 18.4 Å². The molecule has 0 spiro atoms. The minimum Gasteiger partial charge on any atom is -0.355 e. The molecule has 0 saturated heterocycles. The van der Waals surface area contributed by atoms with Gasteiger partial charge in [-0.05, 0) is 47.7 Å². The number of halogens is 1. The van der Waals surface area contributed by atoms with Crippen LogP contribution in [0, 0.1) is 5.92 Å². The average molecular weight is 479 g/mol. The largest absolute Gasteiger partial charge is 0.355 e. The normalized spacial score (nSPS) is 14.1. The summed E-state index contributed by atoms with van der Waals surface area (Å²) in [6, 6.07) is 17.9. The van der Waals surface area contributed by atoms with Gasteiger partial charge in [0.15, 0.2) is 0 Å². The van der Waals surface area contributed by atoms with Crippen molar-refractivity contribution < 1.29 is 0 Å². The number of nitrogens with zero attached hydrogens (tertiary/aromatic N) is 3. The number of nitrogens with one attached hydrogen (secondary N) is 1. The Bertz CT molecular complexity index is 1330. The van der Waals surface area contributed by atoms with E-state index in [1.807, 2.05) is 30.3 Å². The van der Waals surface area contributed by atoms with E-state index in [0.29, 0.717) is 16.9 Å². The number of anilines is 1. The van der Waals surface area contributed by atoms with Gasteiger partial charge in [0.05, 0.1) is 11.1 Å². The smallest absolute Gasteiger partial charge is 0.268 e. The maximum Gasteiger partial charge on any atom is 0.268 e. The Balaban J connectivity index is 1.56. The maximum absolute atomic E-state index is 13.8. The molecule has 33 heavy (non-hydrogen) atoms. The van der Waals surface area contributed by atoms with E-state index >= 15 is 0 Å². The van der Waals surface area contributed by atoms with Crippen LogP contribution in [0.4, 0.5) is 5.95 Å². The topological polar surface area (TPSA) is 50.2 Å². The zero-order valence-corrected chi connectivity index (χ0v) is 20.4. The van der Waals surface area contributed by atoms with Gasteiger partial charge in [-0.25, -0.2) is 9.55 Å². The van der Waals surface area contributed by atoms with Crippen molar-refractivity contribution in [3.05, 3.63) is 86.0 Å². The van der Waals surface area contributed by atoms with Crippen LogP contribution in [0.5, 0.6) is 0 Å². The second-order valence-electron chi connectivity index (χ2n) is 8.96. The molecule has 2 aromatic carbocycles. The van der Waals surface area contributed by atoms with Gasteiger partial charge in [0, 0.05) is 36.1 Å². The zero-order valence-electron chi connectivity index (χ0n) is 18.8. The second-order valence-corrected chi connectivity index (χ2v) is 10.5. The van der Waals surface area contributed by atoms with Crippen LogP contribution in [-0.4, -0.2) is 27.5 Å². The molecule has 4 aromatic rings. The number of hydrogen-bond acceptors (Lipinski definition) is 5. The molecule has 0 bridgehead atoms. The van der Waals surface area contributed by atoms with E-state index in [9.17, 15) is 4.79 Å². The van der Waals surface area contributed by atoms with Crippen molar-refractivity contribution in [3.63, 3.8) is 0 Å². The predicted octanol–water partition coefficient (Wildman–Crippen LogP) is 5.73. The van der Waals surface area contributed by atoms with Crippen LogP contribution < -0.4 is 10.9 Å². The van der Waals surface area contributed by atoms with Gasteiger partial charge in [-0.1, -0.05) is 55.8 Å². The number of benzene rings is 2. The quantitative estimate of drug-likeness (QED) is 0.384. The fourth-order valence-electron chi connectivity index (χ4n) is 4.32. The molecule has 0 fully saturated rings. The van der Waals surface area contributed by atoms with E-state index in [0.717, 1.165) is 54.1 Å². The molecular weight excluding hydrogens is 452 g/mol. The van der Waals surface area contributed by atoms with Crippen LogP contribution in [-0.2, 0) is 19.5 Å². The van der Waals surface area contributed by atoms with Gasteiger partial charge in [0.25, 0.3) is 5.56 Å². The van der Waals surface area contributed by atoms with E-state index in [1.54, 1.807) is 15.9 Å². The highest BCUT2D eigenvalue weighted by molar-refractivity contribution is 7.18. The number of fused-ring (bicyclic) bond motifs is 3. The lowest BCUT2D eigenvalue weighted by Gasteiger charge is -2.26. The molecule has 170 valence electrons. The first kappa shape index (κ1) is 22.1. The van der Waals surface area contributed by atoms with E-state index in [-0.39, 0.29) is 5.56 Å². The molecule has 0 unspecified atom stereocenters. The summed E-state index contributed by atoms with van der Waals surface area (Å²) >= 11 is 7.76. The van der Waals surface area contributed by atoms with Crippen molar-refractivity contribution in [1.29, 1.82) is 0 Å². The van der Waals surface area contributed by atoms with Crippen LogP contribution in [0.3, 0.4) is 0 Å². The van der Waals surface area contributed by atoms with Gasteiger partial charge < -0.3 is 5.32 Å². The van der Waals surface area contributed by atoms with E-state index in [4.69, 9.17) is 16.6 Å². The van der Waals surface area contributed by atoms with Gasteiger partial charge in [0.2, 0.25) is 5.95 Å². The van der Waals surface area contributed by atoms with Crippen LogP contribution in [0.25, 0.3) is 15.9 Å². The standard InChI is InChI=1S/C26H27ClN4OS/c1-17(2)14-28-26-29-24-23(25(32)31(26)20-10-8-19(27)9-11-20)21-12-13-30(16-22(21)33-24)15-18-6-4-3-5-7-18/h3-11,17H,12-16H2,1-2H3,(H,28,29). The summed E-state index contributed by atoms with van der Waals surface area (Å²) in [5, 5.41) is 4.80. The van der Waals surface area contributed by atoms with E-state index in [2.05, 4.69) is 48.3 Å². The Morgan fingerprint density at radius 1 is 1.12 bits per heavy atom. The first-order valence-corrected chi connectivity index (χ1v) is 12.5. The highest BCUT2D eigenvalue weighted by Crippen LogP contribution is 2.34. The van der Waals surface area contributed by atoms with Crippen LogP contribution >= 0.6 is 22.9 Å². The van der Waals surface area contributed by atoms with Crippen LogP contribution in [0.2, 0.25) is 5.02 Å². The lowest BCUT2D eigenvalue weighted by atomic mass is 10.0. The minimum atomic E-state index is -0.0115. The van der Waals surface area contributed by atoms with Crippen LogP contribution in [0.15, 0.2) is 59.4 Å². The average Bonchev–Trinajstić information content (AvgIpc) is 3.17. The number of rotatable bonds is 6. The Hall–Kier alpha value is -2.67. The Morgan fingerprint density at radius 2 is 1.88 bits per heavy atom. The Kier molecular flexibility index (Phi) is 6.23. The molecule has 5 nitrogen and oxygen atoms in total. The zero-order chi connectivity index (χ0) is 22.9. The number of aromatic nitrogens is 2. The molecule has 0 atom stereocenters. The summed E-state index contributed by atoms with van der Waals surface area (Å²) in [5.74, 6) is 1.02. The third kappa shape index (κ3) is 4.56. The molecule has 0 radical (unpaired) electrons. The lowest BCUT2D eigenvalue weighted by Crippen LogP contribution is -2.30. The van der Waals surface area contributed by atoms with Gasteiger partial charge in [-0.15, -0.1) is 11.3 Å². The van der Waals surface area contributed by atoms with Crippen molar-refractivity contribution in [3.8, 4) is 5.69 Å². The Morgan fingerprint density at radius 3 is 2.61 bits per heavy atom. The molecule has 2 aromatic heterocycles. The molecule has 0 saturated carbocycles. The molecule has 0 aliphatic carbocycles. The summed E-state index contributed by atoms with van der Waals surface area (Å²) in [6.45, 7) is 7.71. The van der Waals surface area contributed by atoms with Gasteiger partial charge in [0.1, 0.15) is 4.83 Å². The van der Waals surface area contributed by atoms with Crippen molar-refractivity contribution in [2.24, 2.45) is 5.92 Å². The van der Waals surface area contributed by atoms with Crippen LogP contribution in [0.1, 0.15) is 29.9 Å². The highest BCUT2D eigenvalue weighted by Gasteiger charge is 2.25. The Labute approximate surface area is 202 Å². The highest BCUT2D eigenvalue weighted by atomic mass is 35.5. The summed E-state index contributed by atoms with van der Waals surface area (Å²) in [6.07, 6.45) is 0.860. The van der Waals surface area contributed by atoms with Crippen molar-refractivity contribution in [1.82, 2.24) is 14.5 Å². The molecule has 3 heterocycles. The second kappa shape index (κ2) is 9.29. The monoisotopic (exact) mass is 478 g/mol. The summed E-state index contributed by atoms with van der Waals surface area (Å²) in [5.41, 5.74) is 3.23. The van der Waals surface area contributed by atoms with Gasteiger partial charge in [-0.2, -0.15) is 0 Å². The molecular formula is C26H27ClN4OS. The third-order valence-electron chi connectivity index (χ3n) is 5.96. The molecule has 0 amide bonds. The minimum absolute atomic E-state index is 0.0115. The third-order valence-corrected chi connectivity index (χ3v) is 7.32. The van der Waals surface area contributed by atoms with Crippen molar-refractivity contribution >= 4 is 39.1 Å². The molecule has 5 rings (SSSR count). The SMILES string of the molecule is CC(C)CNc1nc2sc3c(c2c(=O)n1-c1ccc(Cl)cc1)CCN(Cc1ccccc1)C3. The summed E-state index contributed by atoms with van der Waals surface area (Å²) in [7, 11) is 0. The van der Waals surface area contributed by atoms with Gasteiger partial charge in [-0.3, -0.25) is 9.69 Å². The van der Waals surface area contributed by atoms with Crippen molar-refractivity contribution in [2.45, 2.75) is 33.4 Å². The fraction of sp³-hybridized carbons (Fsp3) is 0.308. The maximum atomic E-state index is 13.8. The summed E-state index contributed by atoms with van der Waals surface area (Å²) in [4.78, 5) is 23.3. The fourth-order valence-corrected chi connectivity index (χ4v) is 5.69. The van der Waals surface area contributed by atoms with Gasteiger partial charge >= 0.3 is 0 Å². The lowest BCUT2D eigenvalue weighted by molar-refractivity contribution is 0.249. The predicted molar refractivity (Wildman–Crippen MR) is 138 cm³/mol. The summed E-state index contributed by atoms with van der Waals surface area (Å²) < 4.78 is 1.70. The van der Waals surface area contributed by atoms with E-state index in [1.165, 1.54) is 10.4 Å². The molecule has 1 aliphatic heterocycles. The first-order chi connectivity index (χ1) is 16.0. The number of thiophene rings is 1. The van der Waals surface area contributed by atoms with E-state index < -0.39 is 0 Å². The molecule has 1 aliphatic rings. The number of hydrogen-bond donors (Lipinski definition) is 1. The molecule has 7 heteroatoms.